The molecule has 2 amide bonds. The van der Waals surface area contributed by atoms with Gasteiger partial charge in [-0.2, -0.15) is 0 Å². The zero-order chi connectivity index (χ0) is 24.8. The van der Waals surface area contributed by atoms with Gasteiger partial charge in [0.1, 0.15) is 18.1 Å². The van der Waals surface area contributed by atoms with Crippen LogP contribution < -0.4 is 4.74 Å². The minimum Gasteiger partial charge on any atom is -0.497 e. The number of amides is 2. The van der Waals surface area contributed by atoms with Gasteiger partial charge in [0.05, 0.1) is 13.2 Å². The Morgan fingerprint density at radius 2 is 1.94 bits per heavy atom. The number of thiophene rings is 1. The van der Waals surface area contributed by atoms with Crippen molar-refractivity contribution in [2.75, 3.05) is 40.5 Å². The van der Waals surface area contributed by atoms with E-state index >= 15 is 0 Å². The molecular weight excluding hydrogens is 467 g/mol. The van der Waals surface area contributed by atoms with Gasteiger partial charge in [0.25, 0.3) is 5.91 Å². The first kappa shape index (κ1) is 24.9. The lowest BCUT2D eigenvalue weighted by atomic mass is 9.93. The van der Waals surface area contributed by atoms with Gasteiger partial charge in [0.15, 0.2) is 0 Å². The predicted molar refractivity (Wildman–Crippen MR) is 133 cm³/mol. The Hall–Kier alpha value is -3.23. The van der Waals surface area contributed by atoms with E-state index in [0.29, 0.717) is 37.4 Å². The summed E-state index contributed by atoms with van der Waals surface area (Å²) in [6, 6.07) is 14.9. The number of ether oxygens (including phenoxy) is 2. The average Bonchev–Trinajstić information content (AvgIpc) is 3.37. The van der Waals surface area contributed by atoms with Crippen molar-refractivity contribution in [3.05, 3.63) is 87.4 Å². The maximum absolute atomic E-state index is 13.7. The average molecular weight is 497 g/mol. The zero-order valence-corrected chi connectivity index (χ0v) is 20.7. The van der Waals surface area contributed by atoms with Gasteiger partial charge in [-0.05, 0) is 65.7 Å². The Morgan fingerprint density at radius 3 is 2.69 bits per heavy atom. The van der Waals surface area contributed by atoms with E-state index in [2.05, 4.69) is 0 Å². The van der Waals surface area contributed by atoms with Gasteiger partial charge in [0.2, 0.25) is 5.91 Å². The van der Waals surface area contributed by atoms with E-state index in [4.69, 9.17) is 9.47 Å². The first-order chi connectivity index (χ1) is 17.0. The molecule has 2 heterocycles. The van der Waals surface area contributed by atoms with Crippen LogP contribution in [0.25, 0.3) is 0 Å². The number of hydrogen-bond acceptors (Lipinski definition) is 5. The Bertz CT molecular complexity index is 1160. The van der Waals surface area contributed by atoms with Gasteiger partial charge < -0.3 is 19.3 Å². The molecule has 0 radical (unpaired) electrons. The van der Waals surface area contributed by atoms with Crippen LogP contribution in [0, 0.1) is 5.82 Å². The molecule has 0 unspecified atom stereocenters. The standard InChI is InChI=1S/C27H29FN2O4S/c1-33-15-4-13-29(27(32)20-5-3-6-22(17-20)34-2)18-25(31)30-14-11-24-23(12-16-35-24)26(30)19-7-9-21(28)10-8-19/h3,5-10,12,16-17,26H,4,11,13-15,18H2,1-2H3/t26-/m0/s1. The van der Waals surface area contributed by atoms with Crippen molar-refractivity contribution in [1.82, 2.24) is 9.80 Å². The third kappa shape index (κ3) is 5.71. The van der Waals surface area contributed by atoms with E-state index in [1.54, 1.807) is 66.9 Å². The summed E-state index contributed by atoms with van der Waals surface area (Å²) in [6.07, 6.45) is 1.36. The number of methoxy groups -OCH3 is 2. The number of hydrogen-bond donors (Lipinski definition) is 0. The molecule has 0 fully saturated rings. The Balaban J connectivity index is 1.60. The Labute approximate surface area is 208 Å². The molecule has 0 bridgehead atoms. The first-order valence-corrected chi connectivity index (χ1v) is 12.4. The van der Waals surface area contributed by atoms with Crippen LogP contribution >= 0.6 is 11.3 Å². The van der Waals surface area contributed by atoms with E-state index in [1.165, 1.54) is 17.0 Å². The summed E-state index contributed by atoms with van der Waals surface area (Å²) in [5.74, 6) is -0.123. The number of fused-ring (bicyclic) bond motifs is 1. The highest BCUT2D eigenvalue weighted by atomic mass is 32.1. The second-order valence-corrected chi connectivity index (χ2v) is 9.40. The molecule has 4 rings (SSSR count). The number of nitrogens with zero attached hydrogens (tertiary/aromatic N) is 2. The quantitative estimate of drug-likeness (QED) is 0.408. The SMILES string of the molecule is COCCCN(CC(=O)N1CCc2sccc2[C@@H]1c1ccc(F)cc1)C(=O)c1cccc(OC)c1. The minimum atomic E-state index is -0.318. The molecule has 1 aromatic heterocycles. The summed E-state index contributed by atoms with van der Waals surface area (Å²) in [7, 11) is 3.16. The molecule has 184 valence electrons. The minimum absolute atomic E-state index is 0.0586. The van der Waals surface area contributed by atoms with Gasteiger partial charge in [0, 0.05) is 37.2 Å². The van der Waals surface area contributed by atoms with Gasteiger partial charge in [-0.25, -0.2) is 4.39 Å². The number of benzene rings is 2. The van der Waals surface area contributed by atoms with E-state index in [-0.39, 0.29) is 30.2 Å². The van der Waals surface area contributed by atoms with Crippen LogP contribution in [0.2, 0.25) is 0 Å². The van der Waals surface area contributed by atoms with Crippen LogP contribution in [-0.4, -0.2) is 62.1 Å². The van der Waals surface area contributed by atoms with Crippen molar-refractivity contribution in [3.63, 3.8) is 0 Å². The molecule has 0 saturated heterocycles. The maximum atomic E-state index is 13.7. The third-order valence-electron chi connectivity index (χ3n) is 6.18. The van der Waals surface area contributed by atoms with Gasteiger partial charge in [-0.15, -0.1) is 11.3 Å². The molecule has 0 aliphatic carbocycles. The third-order valence-corrected chi connectivity index (χ3v) is 7.18. The van der Waals surface area contributed by atoms with Crippen LogP contribution in [0.1, 0.15) is 38.8 Å². The monoisotopic (exact) mass is 496 g/mol. The van der Waals surface area contributed by atoms with Crippen molar-refractivity contribution >= 4 is 23.2 Å². The zero-order valence-electron chi connectivity index (χ0n) is 19.9. The highest BCUT2D eigenvalue weighted by molar-refractivity contribution is 7.10. The van der Waals surface area contributed by atoms with E-state index in [9.17, 15) is 14.0 Å². The lowest BCUT2D eigenvalue weighted by Gasteiger charge is -2.37. The van der Waals surface area contributed by atoms with Gasteiger partial charge >= 0.3 is 0 Å². The van der Waals surface area contributed by atoms with Crippen LogP contribution in [0.4, 0.5) is 4.39 Å². The topological polar surface area (TPSA) is 59.1 Å². The van der Waals surface area contributed by atoms with Gasteiger partial charge in [-0.1, -0.05) is 18.2 Å². The lowest BCUT2D eigenvalue weighted by Crippen LogP contribution is -2.47. The summed E-state index contributed by atoms with van der Waals surface area (Å²) >= 11 is 1.67. The molecule has 8 heteroatoms. The fourth-order valence-corrected chi connectivity index (χ4v) is 5.34. The van der Waals surface area contributed by atoms with Crippen molar-refractivity contribution < 1.29 is 23.5 Å². The Morgan fingerprint density at radius 1 is 1.14 bits per heavy atom. The Kier molecular flexibility index (Phi) is 8.15. The highest BCUT2D eigenvalue weighted by Gasteiger charge is 2.34. The normalized spacial score (nSPS) is 14.9. The summed E-state index contributed by atoms with van der Waals surface area (Å²) in [4.78, 5) is 31.7. The van der Waals surface area contributed by atoms with Crippen LogP contribution in [-0.2, 0) is 16.0 Å². The smallest absolute Gasteiger partial charge is 0.254 e. The van der Waals surface area contributed by atoms with Crippen molar-refractivity contribution in [2.24, 2.45) is 0 Å². The molecule has 6 nitrogen and oxygen atoms in total. The van der Waals surface area contributed by atoms with Crippen molar-refractivity contribution in [3.8, 4) is 5.75 Å². The molecular formula is C27H29FN2O4S. The van der Waals surface area contributed by atoms with Crippen LogP contribution in [0.5, 0.6) is 5.75 Å². The van der Waals surface area contributed by atoms with E-state index in [0.717, 1.165) is 17.5 Å². The fourth-order valence-electron chi connectivity index (χ4n) is 4.43. The number of carbonyl (C=O) groups excluding carboxylic acids is 2. The van der Waals surface area contributed by atoms with Crippen LogP contribution in [0.15, 0.2) is 60.0 Å². The summed E-state index contributed by atoms with van der Waals surface area (Å²) in [5.41, 5.74) is 2.37. The van der Waals surface area contributed by atoms with Crippen molar-refractivity contribution in [2.45, 2.75) is 18.9 Å². The molecule has 1 aliphatic heterocycles. The second-order valence-electron chi connectivity index (χ2n) is 8.40. The molecule has 1 atom stereocenters. The summed E-state index contributed by atoms with van der Waals surface area (Å²) in [6.45, 7) is 1.34. The van der Waals surface area contributed by atoms with Crippen LogP contribution in [0.3, 0.4) is 0 Å². The molecule has 35 heavy (non-hydrogen) atoms. The molecule has 0 spiro atoms. The van der Waals surface area contributed by atoms with Crippen molar-refractivity contribution in [1.29, 1.82) is 0 Å². The molecule has 0 saturated carbocycles. The number of carbonyl (C=O) groups is 2. The maximum Gasteiger partial charge on any atom is 0.254 e. The summed E-state index contributed by atoms with van der Waals surface area (Å²) in [5, 5.41) is 2.03. The molecule has 3 aromatic rings. The highest BCUT2D eigenvalue weighted by Crippen LogP contribution is 2.38. The lowest BCUT2D eigenvalue weighted by molar-refractivity contribution is -0.134. The number of rotatable bonds is 9. The predicted octanol–water partition coefficient (Wildman–Crippen LogP) is 4.55. The fraction of sp³-hybridized carbons (Fsp3) is 0.333. The molecule has 2 aromatic carbocycles. The van der Waals surface area contributed by atoms with E-state index in [1.807, 2.05) is 16.3 Å². The number of halogens is 1. The largest absolute Gasteiger partial charge is 0.497 e. The van der Waals surface area contributed by atoms with E-state index < -0.39 is 0 Å². The first-order valence-electron chi connectivity index (χ1n) is 11.5. The molecule has 1 aliphatic rings. The van der Waals surface area contributed by atoms with Gasteiger partial charge in [-0.3, -0.25) is 9.59 Å². The second kappa shape index (κ2) is 11.5. The summed E-state index contributed by atoms with van der Waals surface area (Å²) < 4.78 is 24.1. The molecule has 0 N–H and O–H groups in total.